The quantitative estimate of drug-likeness (QED) is 0.0601. The highest BCUT2D eigenvalue weighted by Gasteiger charge is 2.70. The Hall–Kier alpha value is -3.51. The van der Waals surface area contributed by atoms with Gasteiger partial charge in [-0.25, -0.2) is 0 Å². The lowest BCUT2D eigenvalue weighted by Gasteiger charge is -2.32. The maximum atomic E-state index is 12.8. The van der Waals surface area contributed by atoms with Gasteiger partial charge >= 0.3 is 54.1 Å². The van der Waals surface area contributed by atoms with Crippen molar-refractivity contribution in [1.29, 1.82) is 0 Å². The summed E-state index contributed by atoms with van der Waals surface area (Å²) < 4.78 is 169. The number of alkyl halides is 9. The maximum Gasteiger partial charge on any atom is 0.522 e. The van der Waals surface area contributed by atoms with E-state index in [9.17, 15) is 67.5 Å². The number of halogens is 11. The fraction of sp³-hybridized carbons (Fsp3) is 0.778. The molecule has 0 radical (unpaired) electrons. The van der Waals surface area contributed by atoms with Gasteiger partial charge in [0.15, 0.2) is 0 Å². The lowest BCUT2D eigenvalue weighted by molar-refractivity contribution is -0.342. The van der Waals surface area contributed by atoms with E-state index in [2.05, 4.69) is 33.2 Å². The first-order valence-electron chi connectivity index (χ1n) is 13.7. The molecule has 0 aliphatic rings. The molecule has 0 aromatic heterocycles. The van der Waals surface area contributed by atoms with E-state index in [0.717, 1.165) is 21.3 Å². The van der Waals surface area contributed by atoms with Crippen molar-refractivity contribution < 1.29 is 110 Å². The fourth-order valence-electron chi connectivity index (χ4n) is 2.69. The standard InChI is InChI=1S/C9H12F2O5.C9H16O6.C8H9F9O.CH4O/c1-14-8(12)3-6(4-9(13)15-2)16-5-7(10)11;1-12-6-15-7(4-8(10)13-2)5-9(11)14-3;1-2-5(9,10)7(13,14)6(11,12)3-4-18-8(15,16)17;1-2/h5-6H,3-4H2,1-2H3;7H,4-6H2,1-3H3;2-4H2,1H3;2H,1H3. The largest absolute Gasteiger partial charge is 0.522 e. The average molecular weight is 783 g/mol. The van der Waals surface area contributed by atoms with Crippen molar-refractivity contribution in [3.05, 3.63) is 12.3 Å². The molecular formula is C27H41F11O13. The van der Waals surface area contributed by atoms with Crippen LogP contribution >= 0.6 is 0 Å². The molecule has 51 heavy (non-hydrogen) atoms. The van der Waals surface area contributed by atoms with Crippen LogP contribution in [0, 0.1) is 0 Å². The number of methoxy groups -OCH3 is 5. The number of aliphatic hydroxyl groups excluding tert-OH is 1. The number of carbonyl (C=O) groups excluding carboxylic acids is 4. The summed E-state index contributed by atoms with van der Waals surface area (Å²) in [6.07, 6.45) is -13.2. The third-order valence-electron chi connectivity index (χ3n) is 5.30. The highest BCUT2D eigenvalue weighted by molar-refractivity contribution is 5.74. The SMILES string of the molecule is CCC(F)(F)C(F)(F)C(F)(F)CCOC(F)(F)F.CO.COC(=O)CC(CC(=O)OC)OC=C(F)F.COCOC(CC(=O)OC)CC(=O)OC. The van der Waals surface area contributed by atoms with E-state index in [4.69, 9.17) is 9.84 Å². The number of carbonyl (C=O) groups is 4. The Balaban J connectivity index is -0.000000318. The van der Waals surface area contributed by atoms with E-state index in [1.165, 1.54) is 21.3 Å². The van der Waals surface area contributed by atoms with E-state index < -0.39 is 85.7 Å². The highest BCUT2D eigenvalue weighted by atomic mass is 19.4. The fourth-order valence-corrected chi connectivity index (χ4v) is 2.69. The topological polar surface area (TPSA) is 162 Å². The van der Waals surface area contributed by atoms with Crippen LogP contribution < -0.4 is 0 Å². The lowest BCUT2D eigenvalue weighted by Crippen LogP contribution is -2.54. The molecule has 0 spiro atoms. The minimum atomic E-state index is -5.75. The Morgan fingerprint density at radius 3 is 1.31 bits per heavy atom. The zero-order valence-corrected chi connectivity index (χ0v) is 28.4. The van der Waals surface area contributed by atoms with E-state index in [1.807, 2.05) is 0 Å². The molecule has 1 N–H and O–H groups in total. The molecule has 0 aromatic rings. The molecule has 13 nitrogen and oxygen atoms in total. The van der Waals surface area contributed by atoms with Crippen LogP contribution in [0.5, 0.6) is 0 Å². The van der Waals surface area contributed by atoms with Crippen LogP contribution in [0.25, 0.3) is 0 Å². The first-order chi connectivity index (χ1) is 23.4. The number of aliphatic hydroxyl groups is 1. The smallest absolute Gasteiger partial charge is 0.491 e. The predicted octanol–water partition coefficient (Wildman–Crippen LogP) is 5.17. The first kappa shape index (κ1) is 54.3. The van der Waals surface area contributed by atoms with Gasteiger partial charge in [-0.15, -0.1) is 13.2 Å². The Labute approximate surface area is 285 Å². The molecular weight excluding hydrogens is 741 g/mol. The van der Waals surface area contributed by atoms with Gasteiger partial charge in [0.05, 0.1) is 66.8 Å². The molecule has 0 fully saturated rings. The number of rotatable bonds is 19. The van der Waals surface area contributed by atoms with Crippen molar-refractivity contribution >= 4 is 23.9 Å². The Bertz CT molecular complexity index is 972. The van der Waals surface area contributed by atoms with E-state index >= 15 is 0 Å². The summed E-state index contributed by atoms with van der Waals surface area (Å²) in [6.45, 7) is -1.28. The van der Waals surface area contributed by atoms with Gasteiger partial charge in [0.2, 0.25) is 0 Å². The Morgan fingerprint density at radius 2 is 1.02 bits per heavy atom. The van der Waals surface area contributed by atoms with Gasteiger partial charge < -0.3 is 38.3 Å². The molecule has 0 aliphatic heterocycles. The molecule has 0 rings (SSSR count). The molecule has 0 aromatic carbocycles. The van der Waals surface area contributed by atoms with Crippen LogP contribution in [0.2, 0.25) is 0 Å². The van der Waals surface area contributed by atoms with Crippen molar-refractivity contribution in [2.45, 2.75) is 81.8 Å². The van der Waals surface area contributed by atoms with Crippen LogP contribution in [0.3, 0.4) is 0 Å². The van der Waals surface area contributed by atoms with Gasteiger partial charge in [0.1, 0.15) is 19.2 Å². The number of hydrogen-bond acceptors (Lipinski definition) is 13. The zero-order valence-electron chi connectivity index (χ0n) is 28.4. The van der Waals surface area contributed by atoms with Crippen LogP contribution in [-0.4, -0.2) is 121 Å². The molecule has 0 atom stereocenters. The van der Waals surface area contributed by atoms with Gasteiger partial charge in [0.25, 0.3) is 0 Å². The van der Waals surface area contributed by atoms with Gasteiger partial charge in [-0.3, -0.25) is 23.9 Å². The lowest BCUT2D eigenvalue weighted by atomic mass is 10.0. The molecule has 0 unspecified atom stereocenters. The second-order valence-electron chi connectivity index (χ2n) is 8.86. The van der Waals surface area contributed by atoms with Crippen LogP contribution in [0.4, 0.5) is 48.3 Å². The van der Waals surface area contributed by atoms with Crippen LogP contribution in [0.1, 0.15) is 45.4 Å². The van der Waals surface area contributed by atoms with Gasteiger partial charge in [-0.2, -0.15) is 35.1 Å². The van der Waals surface area contributed by atoms with Gasteiger partial charge in [0, 0.05) is 27.1 Å². The van der Waals surface area contributed by atoms with Crippen LogP contribution in [0.15, 0.2) is 12.3 Å². The summed E-state index contributed by atoms with van der Waals surface area (Å²) in [5, 5.41) is 7.00. The molecule has 0 bridgehead atoms. The summed E-state index contributed by atoms with van der Waals surface area (Å²) in [6, 6.07) is 0. The molecule has 0 saturated carbocycles. The van der Waals surface area contributed by atoms with Gasteiger partial charge in [-0.05, 0) is 0 Å². The molecule has 304 valence electrons. The third-order valence-corrected chi connectivity index (χ3v) is 5.30. The summed E-state index contributed by atoms with van der Waals surface area (Å²) in [7, 11) is 7.28. The van der Waals surface area contributed by atoms with E-state index in [-0.39, 0.29) is 38.7 Å². The van der Waals surface area contributed by atoms with Crippen LogP contribution in [-0.2, 0) is 57.1 Å². The monoisotopic (exact) mass is 782 g/mol. The number of ether oxygens (including phenoxy) is 8. The van der Waals surface area contributed by atoms with Crippen molar-refractivity contribution in [1.82, 2.24) is 0 Å². The summed E-state index contributed by atoms with van der Waals surface area (Å²) in [5.74, 6) is -18.3. The number of esters is 4. The summed E-state index contributed by atoms with van der Waals surface area (Å²) >= 11 is 0. The van der Waals surface area contributed by atoms with E-state index in [0.29, 0.717) is 6.92 Å². The first-order valence-corrected chi connectivity index (χ1v) is 13.7. The molecule has 24 heteroatoms. The Morgan fingerprint density at radius 1 is 0.647 bits per heavy atom. The molecule has 0 saturated heterocycles. The van der Waals surface area contributed by atoms with Crippen molar-refractivity contribution in [2.24, 2.45) is 0 Å². The highest BCUT2D eigenvalue weighted by Crippen LogP contribution is 2.48. The number of hydrogen-bond donors (Lipinski definition) is 1. The maximum absolute atomic E-state index is 12.8. The van der Waals surface area contributed by atoms with Crippen molar-refractivity contribution in [2.75, 3.05) is 56.1 Å². The minimum Gasteiger partial charge on any atom is -0.491 e. The normalized spacial score (nSPS) is 11.4. The molecule has 0 heterocycles. The average Bonchev–Trinajstić information content (AvgIpc) is 3.06. The predicted molar refractivity (Wildman–Crippen MR) is 148 cm³/mol. The summed E-state index contributed by atoms with van der Waals surface area (Å²) in [4.78, 5) is 43.7. The second-order valence-corrected chi connectivity index (χ2v) is 8.86. The Kier molecular flexibility index (Phi) is 29.9. The molecule has 0 aliphatic carbocycles. The van der Waals surface area contributed by atoms with E-state index in [1.54, 1.807) is 0 Å². The zero-order chi connectivity index (χ0) is 41.1. The van der Waals surface area contributed by atoms with Crippen molar-refractivity contribution in [3.63, 3.8) is 0 Å². The minimum absolute atomic E-state index is 0.00500. The van der Waals surface area contributed by atoms with Gasteiger partial charge in [-0.1, -0.05) is 6.92 Å². The summed E-state index contributed by atoms with van der Waals surface area (Å²) in [5.41, 5.74) is 0. The van der Waals surface area contributed by atoms with Crippen molar-refractivity contribution in [3.8, 4) is 0 Å². The molecule has 0 amide bonds. The second kappa shape index (κ2) is 28.1. The third kappa shape index (κ3) is 26.9.